The molecule has 0 fully saturated rings. The molecule has 0 spiro atoms. The summed E-state index contributed by atoms with van der Waals surface area (Å²) in [6.07, 6.45) is 7.66. The molecule has 0 amide bonds. The second kappa shape index (κ2) is 10.6. The topological polar surface area (TPSA) is 119 Å². The van der Waals surface area contributed by atoms with E-state index in [1.54, 1.807) is 6.92 Å². The number of H-pyrrole nitrogens is 1. The van der Waals surface area contributed by atoms with Crippen LogP contribution in [-0.2, 0) is 21.5 Å². The van der Waals surface area contributed by atoms with Gasteiger partial charge in [-0.1, -0.05) is 24.3 Å². The molecule has 10 heteroatoms. The Kier molecular flexibility index (Phi) is 7.83. The van der Waals surface area contributed by atoms with Crippen molar-refractivity contribution < 1.29 is 17.9 Å². The number of aromatic amines is 1. The fraction of sp³-hybridized carbons (Fsp3) is 0.429. The minimum absolute atomic E-state index is 0.0667. The molecule has 0 radical (unpaired) electrons. The van der Waals surface area contributed by atoms with Crippen LogP contribution in [0, 0.1) is 0 Å². The number of sulfonamides is 1. The number of benzene rings is 1. The van der Waals surface area contributed by atoms with Crippen LogP contribution in [0.4, 0.5) is 0 Å². The maximum Gasteiger partial charge on any atom is 0.330 e. The molecule has 2 N–H and O–H groups in total. The summed E-state index contributed by atoms with van der Waals surface area (Å²) in [5.41, 5.74) is -0.244. The van der Waals surface area contributed by atoms with Crippen LogP contribution in [0.2, 0.25) is 0 Å². The highest BCUT2D eigenvalue weighted by Crippen LogP contribution is 2.23. The fourth-order valence-corrected chi connectivity index (χ4v) is 4.48. The average Bonchev–Trinajstić information content (AvgIpc) is 3.22. The van der Waals surface area contributed by atoms with Crippen molar-refractivity contribution in [2.24, 2.45) is 0 Å². The van der Waals surface area contributed by atoms with Gasteiger partial charge in [0.15, 0.2) is 0 Å². The van der Waals surface area contributed by atoms with Crippen molar-refractivity contribution >= 4 is 10.0 Å². The summed E-state index contributed by atoms with van der Waals surface area (Å²) in [6, 6.07) is 8.24. The first-order valence-electron chi connectivity index (χ1n) is 10.1. The highest BCUT2D eigenvalue weighted by atomic mass is 32.2. The molecule has 0 saturated heterocycles. The third kappa shape index (κ3) is 7.20. The summed E-state index contributed by atoms with van der Waals surface area (Å²) >= 11 is 0. The number of nitrogens with zero attached hydrogens (tertiary/aromatic N) is 1. The zero-order valence-corrected chi connectivity index (χ0v) is 18.1. The minimum Gasteiger partial charge on any atom is -0.490 e. The number of hydrogen-bond donors (Lipinski definition) is 2. The second-order valence-corrected chi connectivity index (χ2v) is 9.26. The zero-order chi connectivity index (χ0) is 22.3. The van der Waals surface area contributed by atoms with Gasteiger partial charge in [0.2, 0.25) is 10.0 Å². The maximum atomic E-state index is 12.4. The van der Waals surface area contributed by atoms with Gasteiger partial charge in [0.25, 0.3) is 5.56 Å². The average molecular weight is 450 g/mol. The van der Waals surface area contributed by atoms with E-state index in [2.05, 4.69) is 21.9 Å². The van der Waals surface area contributed by atoms with Crippen molar-refractivity contribution in [3.05, 3.63) is 75.1 Å². The van der Waals surface area contributed by atoms with Gasteiger partial charge < -0.3 is 9.47 Å². The molecular weight excluding hydrogens is 422 g/mol. The van der Waals surface area contributed by atoms with Crippen molar-refractivity contribution in [1.82, 2.24) is 14.3 Å². The lowest BCUT2D eigenvalue weighted by Crippen LogP contribution is -2.30. The standard InChI is InChI=1S/C21H27N3O6S/c1-16(17-6-4-9-19(14-17)30-18-7-2-3-8-18)23-31(27,28)13-5-12-29-15-24-11-10-20(25)22-21(24)26/h2-4,6,9-11,14,16,18,23H,5,7-8,12-13,15H2,1H3,(H,22,25,26). The molecule has 0 aliphatic heterocycles. The molecule has 1 atom stereocenters. The first kappa shape index (κ1) is 23.0. The molecule has 1 unspecified atom stereocenters. The Hall–Kier alpha value is -2.69. The molecule has 1 aromatic heterocycles. The van der Waals surface area contributed by atoms with Crippen LogP contribution >= 0.6 is 0 Å². The molecule has 1 aliphatic carbocycles. The zero-order valence-electron chi connectivity index (χ0n) is 17.3. The largest absolute Gasteiger partial charge is 0.490 e. The van der Waals surface area contributed by atoms with Crippen LogP contribution in [0.3, 0.4) is 0 Å². The summed E-state index contributed by atoms with van der Waals surface area (Å²) in [7, 11) is -3.52. The van der Waals surface area contributed by atoms with E-state index in [1.807, 2.05) is 24.3 Å². The Balaban J connectivity index is 1.44. The highest BCUT2D eigenvalue weighted by molar-refractivity contribution is 7.89. The Bertz CT molecular complexity index is 1110. The predicted molar refractivity (Wildman–Crippen MR) is 116 cm³/mol. The summed E-state index contributed by atoms with van der Waals surface area (Å²) in [5, 5.41) is 0. The van der Waals surface area contributed by atoms with Crippen molar-refractivity contribution in [2.45, 2.75) is 45.1 Å². The summed E-state index contributed by atoms with van der Waals surface area (Å²) in [5.74, 6) is 0.616. The van der Waals surface area contributed by atoms with Gasteiger partial charge in [-0.15, -0.1) is 0 Å². The van der Waals surface area contributed by atoms with Gasteiger partial charge in [-0.2, -0.15) is 0 Å². The molecule has 2 aromatic rings. The smallest absolute Gasteiger partial charge is 0.330 e. The Morgan fingerprint density at radius 1 is 1.23 bits per heavy atom. The lowest BCUT2D eigenvalue weighted by atomic mass is 10.1. The van der Waals surface area contributed by atoms with Crippen molar-refractivity contribution in [1.29, 1.82) is 0 Å². The minimum atomic E-state index is -3.52. The molecule has 1 aromatic carbocycles. The Morgan fingerprint density at radius 2 is 2.00 bits per heavy atom. The van der Waals surface area contributed by atoms with E-state index in [-0.39, 0.29) is 31.6 Å². The maximum absolute atomic E-state index is 12.4. The molecular formula is C21H27N3O6S. The predicted octanol–water partition coefficient (Wildman–Crippen LogP) is 1.68. The fourth-order valence-electron chi connectivity index (χ4n) is 3.19. The molecule has 168 valence electrons. The first-order chi connectivity index (χ1) is 14.8. The van der Waals surface area contributed by atoms with E-state index in [4.69, 9.17) is 9.47 Å². The van der Waals surface area contributed by atoms with E-state index in [9.17, 15) is 18.0 Å². The normalized spacial score (nSPS) is 15.3. The highest BCUT2D eigenvalue weighted by Gasteiger charge is 2.17. The van der Waals surface area contributed by atoms with E-state index < -0.39 is 27.3 Å². The van der Waals surface area contributed by atoms with E-state index in [0.29, 0.717) is 0 Å². The van der Waals surface area contributed by atoms with Gasteiger partial charge in [-0.25, -0.2) is 17.9 Å². The monoisotopic (exact) mass is 449 g/mol. The number of ether oxygens (including phenoxy) is 2. The third-order valence-electron chi connectivity index (χ3n) is 4.81. The van der Waals surface area contributed by atoms with Crippen molar-refractivity contribution in [3.63, 3.8) is 0 Å². The van der Waals surface area contributed by atoms with E-state index in [1.165, 1.54) is 16.8 Å². The van der Waals surface area contributed by atoms with Crippen molar-refractivity contribution in [2.75, 3.05) is 12.4 Å². The lowest BCUT2D eigenvalue weighted by Gasteiger charge is -2.17. The van der Waals surface area contributed by atoms with Gasteiger partial charge in [0.05, 0.1) is 5.75 Å². The van der Waals surface area contributed by atoms with Crippen LogP contribution in [0.1, 0.15) is 37.8 Å². The number of aromatic nitrogens is 2. The van der Waals surface area contributed by atoms with Crippen molar-refractivity contribution in [3.8, 4) is 5.75 Å². The summed E-state index contributed by atoms with van der Waals surface area (Å²) in [6.45, 7) is 1.87. The van der Waals surface area contributed by atoms with Gasteiger partial charge in [0, 0.05) is 37.8 Å². The molecule has 3 rings (SSSR count). The van der Waals surface area contributed by atoms with E-state index in [0.717, 1.165) is 24.2 Å². The van der Waals surface area contributed by atoms with Crippen LogP contribution in [0.15, 0.2) is 58.3 Å². The molecule has 1 aliphatic rings. The Labute approximate surface area is 180 Å². The summed E-state index contributed by atoms with van der Waals surface area (Å²) in [4.78, 5) is 24.7. The van der Waals surface area contributed by atoms with Gasteiger partial charge in [-0.05, 0) is 31.0 Å². The molecule has 31 heavy (non-hydrogen) atoms. The molecule has 0 bridgehead atoms. The van der Waals surface area contributed by atoms with Gasteiger partial charge >= 0.3 is 5.69 Å². The molecule has 1 heterocycles. The number of hydrogen-bond acceptors (Lipinski definition) is 6. The quantitative estimate of drug-likeness (QED) is 0.398. The summed E-state index contributed by atoms with van der Waals surface area (Å²) < 4.78 is 39.9. The number of nitrogens with one attached hydrogen (secondary N) is 2. The van der Waals surface area contributed by atoms with Gasteiger partial charge in [-0.3, -0.25) is 14.3 Å². The molecule has 9 nitrogen and oxygen atoms in total. The number of rotatable bonds is 11. The Morgan fingerprint density at radius 3 is 2.74 bits per heavy atom. The van der Waals surface area contributed by atoms with Crippen LogP contribution in [-0.4, -0.2) is 36.4 Å². The lowest BCUT2D eigenvalue weighted by molar-refractivity contribution is 0.0744. The van der Waals surface area contributed by atoms with Gasteiger partial charge in [0.1, 0.15) is 18.6 Å². The van der Waals surface area contributed by atoms with Crippen LogP contribution < -0.4 is 20.7 Å². The third-order valence-corrected chi connectivity index (χ3v) is 6.35. The van der Waals surface area contributed by atoms with Crippen LogP contribution in [0.5, 0.6) is 5.75 Å². The first-order valence-corrected chi connectivity index (χ1v) is 11.8. The van der Waals surface area contributed by atoms with Crippen LogP contribution in [0.25, 0.3) is 0 Å². The second-order valence-electron chi connectivity index (χ2n) is 7.38. The van der Waals surface area contributed by atoms with E-state index >= 15 is 0 Å². The molecule has 0 saturated carbocycles. The SMILES string of the molecule is CC(NS(=O)(=O)CCCOCn1ccc(=O)[nH]c1=O)c1cccc(OC2CC=CC2)c1.